The van der Waals surface area contributed by atoms with E-state index in [0.717, 1.165) is 38.7 Å². The van der Waals surface area contributed by atoms with Gasteiger partial charge in [-0.1, -0.05) is 36.4 Å². The Morgan fingerprint density at radius 1 is 0.652 bits per heavy atom. The fourth-order valence-electron chi connectivity index (χ4n) is 2.49. The van der Waals surface area contributed by atoms with E-state index in [1.807, 2.05) is 24.5 Å². The Morgan fingerprint density at radius 2 is 1.09 bits per heavy atom. The molecule has 0 fully saturated rings. The first-order chi connectivity index (χ1) is 10.8. The molecule has 0 bridgehead atoms. The second kappa shape index (κ2) is 8.67. The van der Waals surface area contributed by atoms with Crippen LogP contribution in [0, 0.1) is 0 Å². The summed E-state index contributed by atoms with van der Waals surface area (Å²) in [6.07, 6.45) is 3.67. The SMILES string of the molecule is [Pt+2].[S-]CC[S-].c1cnc2c(c1)ccc1ccc3cccnc3c12. The molecular weight excluding hydrogens is 503 g/mol. The Hall–Kier alpha value is -1.09. The Morgan fingerprint density at radius 3 is 1.52 bits per heavy atom. The predicted octanol–water partition coefficient (Wildman–Crippen LogP) is 4.01. The Balaban J connectivity index is 0.000000349. The first-order valence-corrected chi connectivity index (χ1v) is 8.18. The van der Waals surface area contributed by atoms with E-state index in [0.29, 0.717) is 0 Å². The van der Waals surface area contributed by atoms with E-state index in [2.05, 4.69) is 71.6 Å². The monoisotopic (exact) mass is 517 g/mol. The number of benzene rings is 2. The van der Waals surface area contributed by atoms with Crippen LogP contribution in [0.2, 0.25) is 0 Å². The molecule has 0 N–H and O–H groups in total. The second-order valence-electron chi connectivity index (χ2n) is 4.79. The van der Waals surface area contributed by atoms with E-state index < -0.39 is 0 Å². The Kier molecular flexibility index (Phi) is 6.88. The van der Waals surface area contributed by atoms with Crippen molar-refractivity contribution in [3.63, 3.8) is 0 Å². The smallest absolute Gasteiger partial charge is 0.794 e. The quantitative estimate of drug-likeness (QED) is 0.282. The minimum Gasteiger partial charge on any atom is -0.794 e. The van der Waals surface area contributed by atoms with E-state index in [4.69, 9.17) is 0 Å². The van der Waals surface area contributed by atoms with E-state index in [9.17, 15) is 0 Å². The normalized spacial score (nSPS) is 10.2. The third-order valence-corrected chi connectivity index (χ3v) is 4.08. The van der Waals surface area contributed by atoms with Gasteiger partial charge in [0, 0.05) is 28.6 Å². The average molecular weight is 518 g/mol. The van der Waals surface area contributed by atoms with Crippen molar-refractivity contribution in [2.24, 2.45) is 0 Å². The maximum atomic E-state index is 4.52. The predicted molar refractivity (Wildman–Crippen MR) is 99.0 cm³/mol. The first-order valence-electron chi connectivity index (χ1n) is 7.02. The molecule has 4 aromatic rings. The summed E-state index contributed by atoms with van der Waals surface area (Å²) >= 11 is 8.90. The molecular formula is C18H14N2PtS2. The van der Waals surface area contributed by atoms with Crippen molar-refractivity contribution >= 4 is 57.8 Å². The van der Waals surface area contributed by atoms with Crippen molar-refractivity contribution in [2.45, 2.75) is 0 Å². The molecule has 4 rings (SSSR count). The van der Waals surface area contributed by atoms with Gasteiger partial charge in [-0.3, -0.25) is 9.97 Å². The van der Waals surface area contributed by atoms with Crippen molar-refractivity contribution in [1.29, 1.82) is 0 Å². The van der Waals surface area contributed by atoms with Gasteiger partial charge in [0.05, 0.1) is 11.0 Å². The fourth-order valence-corrected chi connectivity index (χ4v) is 2.49. The van der Waals surface area contributed by atoms with Crippen LogP contribution in [0.3, 0.4) is 0 Å². The van der Waals surface area contributed by atoms with E-state index >= 15 is 0 Å². The van der Waals surface area contributed by atoms with Crippen molar-refractivity contribution in [3.05, 3.63) is 60.9 Å². The number of pyridine rings is 2. The molecule has 0 unspecified atom stereocenters. The maximum absolute atomic E-state index is 4.52. The van der Waals surface area contributed by atoms with E-state index in [-0.39, 0.29) is 21.1 Å². The molecule has 0 aliphatic rings. The van der Waals surface area contributed by atoms with Crippen molar-refractivity contribution < 1.29 is 21.1 Å². The summed E-state index contributed by atoms with van der Waals surface area (Å²) in [6, 6.07) is 16.6. The van der Waals surface area contributed by atoms with Gasteiger partial charge in [0.1, 0.15) is 0 Å². The van der Waals surface area contributed by atoms with Crippen LogP contribution in [0.4, 0.5) is 0 Å². The van der Waals surface area contributed by atoms with Gasteiger partial charge in [0.15, 0.2) is 0 Å². The van der Waals surface area contributed by atoms with Gasteiger partial charge >= 0.3 is 21.1 Å². The molecule has 118 valence electrons. The van der Waals surface area contributed by atoms with Gasteiger partial charge < -0.3 is 25.3 Å². The molecule has 5 heteroatoms. The van der Waals surface area contributed by atoms with Crippen molar-refractivity contribution in [2.75, 3.05) is 11.5 Å². The van der Waals surface area contributed by atoms with Crippen LogP contribution in [0.15, 0.2) is 60.9 Å². The number of aromatic nitrogens is 2. The number of nitrogens with zero attached hydrogens (tertiary/aromatic N) is 2. The summed E-state index contributed by atoms with van der Waals surface area (Å²) in [5, 5.41) is 4.64. The standard InChI is InChI=1S/C16H10N2.C2H6S2.Pt/c1-3-12-7-5-11-6-8-13-4-2-10-18-16(13)14(11)15(12)17-9-1;3-1-2-4;/h1-10H;3-4H,1-2H2;/q;;+2/p-2. The minimum absolute atomic E-state index is 0. The van der Waals surface area contributed by atoms with Crippen LogP contribution in [0.5, 0.6) is 0 Å². The molecule has 2 heterocycles. The van der Waals surface area contributed by atoms with Gasteiger partial charge in [0.25, 0.3) is 0 Å². The zero-order valence-electron chi connectivity index (χ0n) is 12.2. The number of fused-ring (bicyclic) bond motifs is 5. The summed E-state index contributed by atoms with van der Waals surface area (Å²) in [5.74, 6) is 1.44. The summed E-state index contributed by atoms with van der Waals surface area (Å²) in [7, 11) is 0. The number of hydrogen-bond acceptors (Lipinski definition) is 4. The van der Waals surface area contributed by atoms with Gasteiger partial charge in [-0.2, -0.15) is 11.5 Å². The first kappa shape index (κ1) is 18.2. The summed E-state index contributed by atoms with van der Waals surface area (Å²) in [4.78, 5) is 9.04. The zero-order valence-corrected chi connectivity index (χ0v) is 16.1. The van der Waals surface area contributed by atoms with Crippen molar-refractivity contribution in [1.82, 2.24) is 9.97 Å². The molecule has 0 saturated heterocycles. The van der Waals surface area contributed by atoms with E-state index in [1.54, 1.807) is 0 Å². The molecule has 0 radical (unpaired) electrons. The van der Waals surface area contributed by atoms with Crippen LogP contribution >= 0.6 is 0 Å². The van der Waals surface area contributed by atoms with E-state index in [1.165, 1.54) is 5.39 Å². The van der Waals surface area contributed by atoms with Crippen LogP contribution < -0.4 is 0 Å². The molecule has 0 amide bonds. The molecule has 2 aromatic carbocycles. The summed E-state index contributed by atoms with van der Waals surface area (Å²) < 4.78 is 0. The van der Waals surface area contributed by atoms with Gasteiger partial charge in [-0.25, -0.2) is 0 Å². The molecule has 0 aliphatic carbocycles. The largest absolute Gasteiger partial charge is 2.00 e. The van der Waals surface area contributed by atoms with Gasteiger partial charge in [0.2, 0.25) is 0 Å². The van der Waals surface area contributed by atoms with Gasteiger partial charge in [-0.15, -0.1) is 0 Å². The van der Waals surface area contributed by atoms with Crippen LogP contribution in [0.25, 0.3) is 32.6 Å². The number of hydrogen-bond donors (Lipinski definition) is 0. The number of rotatable bonds is 1. The van der Waals surface area contributed by atoms with Crippen LogP contribution in [-0.4, -0.2) is 21.5 Å². The molecule has 0 saturated carbocycles. The average Bonchev–Trinajstić information content (AvgIpc) is 2.61. The molecule has 0 aliphatic heterocycles. The molecule has 2 nitrogen and oxygen atoms in total. The Labute approximate surface area is 160 Å². The molecule has 2 aromatic heterocycles. The fraction of sp³-hybridized carbons (Fsp3) is 0.111. The third-order valence-electron chi connectivity index (χ3n) is 3.41. The van der Waals surface area contributed by atoms with Crippen LogP contribution in [0.1, 0.15) is 0 Å². The minimum atomic E-state index is 0. The zero-order chi connectivity index (χ0) is 15.4. The second-order valence-corrected chi connectivity index (χ2v) is 5.60. The summed E-state index contributed by atoms with van der Waals surface area (Å²) in [5.41, 5.74) is 2.05. The molecule has 23 heavy (non-hydrogen) atoms. The molecule has 0 atom stereocenters. The van der Waals surface area contributed by atoms with Crippen LogP contribution in [-0.2, 0) is 46.3 Å². The topological polar surface area (TPSA) is 25.8 Å². The van der Waals surface area contributed by atoms with Crippen molar-refractivity contribution in [3.8, 4) is 0 Å². The third kappa shape index (κ3) is 3.88. The summed E-state index contributed by atoms with van der Waals surface area (Å²) in [6.45, 7) is 0. The molecule has 0 spiro atoms. The Bertz CT molecular complexity index is 856. The van der Waals surface area contributed by atoms with Gasteiger partial charge in [-0.05, 0) is 17.5 Å². The maximum Gasteiger partial charge on any atom is 2.00 e.